The first kappa shape index (κ1) is 15.8. The third-order valence-electron chi connectivity index (χ3n) is 4.18. The molecule has 0 bridgehead atoms. The topological polar surface area (TPSA) is 17.1 Å². The first-order valence-corrected chi connectivity index (χ1v) is 8.32. The first-order chi connectivity index (χ1) is 10.3. The van der Waals surface area contributed by atoms with Gasteiger partial charge in [0.05, 0.1) is 0 Å². The number of rotatable bonds is 9. The highest BCUT2D eigenvalue weighted by molar-refractivity contribution is 5.91. The molecule has 0 aliphatic rings. The molecule has 0 fully saturated rings. The maximum Gasteiger partial charge on any atom is 0.150 e. The largest absolute Gasteiger partial charge is 0.298 e. The lowest BCUT2D eigenvalue weighted by Crippen LogP contribution is -1.90. The van der Waals surface area contributed by atoms with Crippen LogP contribution in [-0.4, -0.2) is 6.29 Å². The van der Waals surface area contributed by atoms with Gasteiger partial charge in [-0.3, -0.25) is 4.79 Å². The minimum Gasteiger partial charge on any atom is -0.298 e. The van der Waals surface area contributed by atoms with E-state index in [4.69, 9.17) is 0 Å². The highest BCUT2D eigenvalue weighted by Gasteiger charge is 2.02. The van der Waals surface area contributed by atoms with Crippen molar-refractivity contribution in [2.24, 2.45) is 0 Å². The van der Waals surface area contributed by atoms with E-state index in [0.717, 1.165) is 18.3 Å². The fraction of sp³-hybridized carbons (Fsp3) is 0.450. The molecular formula is C20H26O. The lowest BCUT2D eigenvalue weighted by atomic mass is 9.98. The molecule has 1 heteroatoms. The third-order valence-corrected chi connectivity index (χ3v) is 4.18. The van der Waals surface area contributed by atoms with Crippen molar-refractivity contribution in [2.45, 2.75) is 58.3 Å². The highest BCUT2D eigenvalue weighted by atomic mass is 16.1. The minimum absolute atomic E-state index is 0.773. The Kier molecular flexibility index (Phi) is 6.46. The Balaban J connectivity index is 1.91. The molecule has 0 saturated carbocycles. The molecule has 0 unspecified atom stereocenters. The summed E-state index contributed by atoms with van der Waals surface area (Å²) < 4.78 is 0. The molecular weight excluding hydrogens is 256 g/mol. The van der Waals surface area contributed by atoms with E-state index in [1.54, 1.807) is 0 Å². The molecule has 112 valence electrons. The number of fused-ring (bicyclic) bond motifs is 1. The molecule has 0 saturated heterocycles. The summed E-state index contributed by atoms with van der Waals surface area (Å²) in [5.41, 5.74) is 2.15. The van der Waals surface area contributed by atoms with Crippen LogP contribution in [0.1, 0.15) is 67.8 Å². The van der Waals surface area contributed by atoms with Crippen LogP contribution in [0.2, 0.25) is 0 Å². The number of carbonyl (C=O) groups is 1. The predicted octanol–water partition coefficient (Wildman–Crippen LogP) is 5.95. The van der Waals surface area contributed by atoms with E-state index in [1.807, 2.05) is 18.2 Å². The lowest BCUT2D eigenvalue weighted by molar-refractivity contribution is 0.112. The second kappa shape index (κ2) is 8.61. The summed E-state index contributed by atoms with van der Waals surface area (Å²) >= 11 is 0. The van der Waals surface area contributed by atoms with Crippen LogP contribution in [0.5, 0.6) is 0 Å². The molecule has 0 heterocycles. The van der Waals surface area contributed by atoms with Gasteiger partial charge in [0.15, 0.2) is 0 Å². The molecule has 0 atom stereocenters. The molecule has 2 rings (SSSR count). The van der Waals surface area contributed by atoms with Gasteiger partial charge < -0.3 is 0 Å². The summed E-state index contributed by atoms with van der Waals surface area (Å²) in [6, 6.07) is 12.4. The standard InChI is InChI=1S/C20H26O/c1-2-3-4-5-6-7-8-10-18-11-9-12-19-14-13-17(16-21)15-20(18)19/h9,11-16H,2-8,10H2,1H3. The SMILES string of the molecule is CCCCCCCCCc1cccc2ccc(C=O)cc12. The van der Waals surface area contributed by atoms with Crippen LogP contribution in [0.4, 0.5) is 0 Å². The number of hydrogen-bond acceptors (Lipinski definition) is 1. The van der Waals surface area contributed by atoms with Crippen molar-refractivity contribution >= 4 is 17.1 Å². The van der Waals surface area contributed by atoms with Crippen molar-refractivity contribution in [3.05, 3.63) is 47.5 Å². The van der Waals surface area contributed by atoms with Gasteiger partial charge >= 0.3 is 0 Å². The maximum atomic E-state index is 10.9. The number of hydrogen-bond donors (Lipinski definition) is 0. The van der Waals surface area contributed by atoms with Crippen molar-refractivity contribution in [2.75, 3.05) is 0 Å². The molecule has 2 aromatic rings. The van der Waals surface area contributed by atoms with Crippen molar-refractivity contribution in [1.82, 2.24) is 0 Å². The van der Waals surface area contributed by atoms with Crippen LogP contribution < -0.4 is 0 Å². The van der Waals surface area contributed by atoms with Crippen LogP contribution in [0.25, 0.3) is 10.8 Å². The van der Waals surface area contributed by atoms with Crippen molar-refractivity contribution in [3.63, 3.8) is 0 Å². The van der Waals surface area contributed by atoms with Gasteiger partial charge in [-0.05, 0) is 35.2 Å². The molecule has 0 spiro atoms. The molecule has 2 aromatic carbocycles. The van der Waals surface area contributed by atoms with E-state index in [0.29, 0.717) is 0 Å². The molecule has 0 aliphatic carbocycles. The van der Waals surface area contributed by atoms with Gasteiger partial charge in [0.1, 0.15) is 6.29 Å². The summed E-state index contributed by atoms with van der Waals surface area (Å²) in [5.74, 6) is 0. The summed E-state index contributed by atoms with van der Waals surface area (Å²) in [6.45, 7) is 2.26. The zero-order chi connectivity index (χ0) is 14.9. The smallest absolute Gasteiger partial charge is 0.150 e. The number of unbranched alkanes of at least 4 members (excludes halogenated alkanes) is 6. The van der Waals surface area contributed by atoms with E-state index in [1.165, 1.54) is 61.3 Å². The summed E-state index contributed by atoms with van der Waals surface area (Å²) in [7, 11) is 0. The van der Waals surface area contributed by atoms with Crippen LogP contribution >= 0.6 is 0 Å². The van der Waals surface area contributed by atoms with Crippen LogP contribution in [-0.2, 0) is 6.42 Å². The Morgan fingerprint density at radius 3 is 2.43 bits per heavy atom. The van der Waals surface area contributed by atoms with Gasteiger partial charge in [-0.15, -0.1) is 0 Å². The third kappa shape index (κ3) is 4.70. The average molecular weight is 282 g/mol. The van der Waals surface area contributed by atoms with Gasteiger partial charge in [-0.25, -0.2) is 0 Å². The number of aldehydes is 1. The highest BCUT2D eigenvalue weighted by Crippen LogP contribution is 2.22. The maximum absolute atomic E-state index is 10.9. The van der Waals surface area contributed by atoms with Crippen molar-refractivity contribution in [3.8, 4) is 0 Å². The normalized spacial score (nSPS) is 10.9. The Bertz CT molecular complexity index is 571. The molecule has 1 nitrogen and oxygen atoms in total. The van der Waals surface area contributed by atoms with Gasteiger partial charge in [0.2, 0.25) is 0 Å². The lowest BCUT2D eigenvalue weighted by Gasteiger charge is -2.07. The first-order valence-electron chi connectivity index (χ1n) is 8.32. The number of benzene rings is 2. The Hall–Kier alpha value is -1.63. The van der Waals surface area contributed by atoms with Crippen LogP contribution in [0.15, 0.2) is 36.4 Å². The monoisotopic (exact) mass is 282 g/mol. The molecule has 0 radical (unpaired) electrons. The predicted molar refractivity (Wildman–Crippen MR) is 91.0 cm³/mol. The van der Waals surface area contributed by atoms with E-state index >= 15 is 0 Å². The summed E-state index contributed by atoms with van der Waals surface area (Å²) in [6.07, 6.45) is 11.4. The molecule has 21 heavy (non-hydrogen) atoms. The van der Waals surface area contributed by atoms with Crippen LogP contribution in [0.3, 0.4) is 0 Å². The second-order valence-electron chi connectivity index (χ2n) is 5.89. The Morgan fingerprint density at radius 1 is 0.905 bits per heavy atom. The Labute approximate surface area is 128 Å². The number of carbonyl (C=O) groups excluding carboxylic acids is 1. The van der Waals surface area contributed by atoms with E-state index in [9.17, 15) is 4.79 Å². The fourth-order valence-corrected chi connectivity index (χ4v) is 2.92. The number of aryl methyl sites for hydroxylation is 1. The molecule has 0 aromatic heterocycles. The minimum atomic E-state index is 0.773. The van der Waals surface area contributed by atoms with Crippen molar-refractivity contribution in [1.29, 1.82) is 0 Å². The van der Waals surface area contributed by atoms with E-state index in [-0.39, 0.29) is 0 Å². The van der Waals surface area contributed by atoms with E-state index in [2.05, 4.69) is 25.1 Å². The van der Waals surface area contributed by atoms with Gasteiger partial charge in [-0.2, -0.15) is 0 Å². The van der Waals surface area contributed by atoms with Gasteiger partial charge in [0, 0.05) is 5.56 Å². The zero-order valence-electron chi connectivity index (χ0n) is 13.1. The van der Waals surface area contributed by atoms with Gasteiger partial charge in [0.25, 0.3) is 0 Å². The molecule has 0 aliphatic heterocycles. The second-order valence-corrected chi connectivity index (χ2v) is 5.89. The summed E-state index contributed by atoms with van der Waals surface area (Å²) in [5, 5.41) is 2.48. The molecule has 0 N–H and O–H groups in total. The van der Waals surface area contributed by atoms with Gasteiger partial charge in [-0.1, -0.05) is 75.8 Å². The van der Waals surface area contributed by atoms with Crippen molar-refractivity contribution < 1.29 is 4.79 Å². The zero-order valence-corrected chi connectivity index (χ0v) is 13.1. The van der Waals surface area contributed by atoms with E-state index < -0.39 is 0 Å². The van der Waals surface area contributed by atoms with Crippen LogP contribution in [0, 0.1) is 0 Å². The quantitative estimate of drug-likeness (QED) is 0.410. The summed E-state index contributed by atoms with van der Waals surface area (Å²) in [4.78, 5) is 10.9. The average Bonchev–Trinajstić information content (AvgIpc) is 2.53. The molecule has 0 amide bonds. The Morgan fingerprint density at radius 2 is 1.67 bits per heavy atom. The fourth-order valence-electron chi connectivity index (χ4n) is 2.92.